The lowest BCUT2D eigenvalue weighted by molar-refractivity contribution is -0.140. The summed E-state index contributed by atoms with van der Waals surface area (Å²) in [6.45, 7) is 5.52. The van der Waals surface area contributed by atoms with Crippen LogP contribution in [0.4, 0.5) is 14.5 Å². The normalized spacial score (nSPS) is 11.9. The molecule has 3 rings (SSSR count). The molecule has 0 radical (unpaired) electrons. The number of rotatable bonds is 14. The Bertz CT molecular complexity index is 1400. The third-order valence-corrected chi connectivity index (χ3v) is 8.11. The van der Waals surface area contributed by atoms with Gasteiger partial charge >= 0.3 is 0 Å². The van der Waals surface area contributed by atoms with E-state index >= 15 is 0 Å². The van der Waals surface area contributed by atoms with Crippen LogP contribution in [0.3, 0.4) is 0 Å². The van der Waals surface area contributed by atoms with Crippen molar-refractivity contribution >= 4 is 27.5 Å². The molecule has 0 unspecified atom stereocenters. The van der Waals surface area contributed by atoms with Crippen LogP contribution in [0.15, 0.2) is 77.7 Å². The zero-order valence-corrected chi connectivity index (χ0v) is 24.2. The summed E-state index contributed by atoms with van der Waals surface area (Å²) in [5, 5.41) is 2.80. The Hall–Kier alpha value is -3.99. The Morgan fingerprint density at radius 2 is 1.46 bits per heavy atom. The average Bonchev–Trinajstić information content (AvgIpc) is 2.96. The van der Waals surface area contributed by atoms with Crippen LogP contribution in [0.1, 0.15) is 39.2 Å². The van der Waals surface area contributed by atoms with Crippen molar-refractivity contribution in [1.82, 2.24) is 10.2 Å². The molecule has 0 fully saturated rings. The van der Waals surface area contributed by atoms with Crippen LogP contribution >= 0.6 is 0 Å². The molecule has 0 aliphatic heterocycles. The zero-order valence-electron chi connectivity index (χ0n) is 23.3. The summed E-state index contributed by atoms with van der Waals surface area (Å²) in [7, 11) is -4.31. The van der Waals surface area contributed by atoms with Gasteiger partial charge in [0.05, 0.1) is 17.2 Å². The molecule has 220 valence electrons. The SMILES string of the molecule is CCCNC(=O)[C@H](CC)N(Cc1ccc(F)cc1)C(=O)CN(c1ccc(F)cc1)S(=O)(=O)c1ccc(OCC)cc1. The number of hydrogen-bond donors (Lipinski definition) is 1. The van der Waals surface area contributed by atoms with Crippen LogP contribution in [-0.2, 0) is 26.2 Å². The Morgan fingerprint density at radius 1 is 0.878 bits per heavy atom. The summed E-state index contributed by atoms with van der Waals surface area (Å²) >= 11 is 0. The molecule has 0 saturated heterocycles. The number of halogens is 2. The summed E-state index contributed by atoms with van der Waals surface area (Å²) in [5.41, 5.74) is 0.628. The van der Waals surface area contributed by atoms with E-state index in [9.17, 15) is 26.8 Å². The van der Waals surface area contributed by atoms with E-state index in [2.05, 4.69) is 5.32 Å². The number of nitrogens with zero attached hydrogens (tertiary/aromatic N) is 2. The third-order valence-electron chi connectivity index (χ3n) is 6.32. The predicted octanol–water partition coefficient (Wildman–Crippen LogP) is 4.89. The average molecular weight is 588 g/mol. The molecule has 3 aromatic rings. The van der Waals surface area contributed by atoms with E-state index < -0.39 is 40.2 Å². The van der Waals surface area contributed by atoms with Crippen molar-refractivity contribution in [2.75, 3.05) is 24.0 Å². The number of ether oxygens (including phenoxy) is 1. The molecule has 2 amide bonds. The van der Waals surface area contributed by atoms with E-state index in [-0.39, 0.29) is 29.5 Å². The summed E-state index contributed by atoms with van der Waals surface area (Å²) < 4.78 is 61.3. The molecular weight excluding hydrogens is 552 g/mol. The van der Waals surface area contributed by atoms with E-state index in [1.54, 1.807) is 13.8 Å². The first-order valence-corrected chi connectivity index (χ1v) is 14.9. The molecule has 0 spiro atoms. The second-order valence-corrected chi connectivity index (χ2v) is 11.1. The number of sulfonamides is 1. The van der Waals surface area contributed by atoms with Gasteiger partial charge in [0.2, 0.25) is 11.8 Å². The monoisotopic (exact) mass is 587 g/mol. The van der Waals surface area contributed by atoms with Gasteiger partial charge < -0.3 is 15.0 Å². The van der Waals surface area contributed by atoms with Gasteiger partial charge in [-0.1, -0.05) is 26.0 Å². The molecule has 1 N–H and O–H groups in total. The van der Waals surface area contributed by atoms with Crippen LogP contribution in [0, 0.1) is 11.6 Å². The van der Waals surface area contributed by atoms with E-state index in [1.165, 1.54) is 65.6 Å². The Labute approximate surface area is 240 Å². The summed E-state index contributed by atoms with van der Waals surface area (Å²) in [4.78, 5) is 28.2. The first-order valence-electron chi connectivity index (χ1n) is 13.4. The quantitative estimate of drug-likeness (QED) is 0.290. The lowest BCUT2D eigenvalue weighted by Crippen LogP contribution is -2.52. The highest BCUT2D eigenvalue weighted by Gasteiger charge is 2.33. The van der Waals surface area contributed by atoms with Crippen molar-refractivity contribution in [3.05, 3.63) is 90.0 Å². The van der Waals surface area contributed by atoms with Crippen molar-refractivity contribution in [3.8, 4) is 5.75 Å². The number of benzene rings is 3. The van der Waals surface area contributed by atoms with Gasteiger partial charge in [-0.05, 0) is 86.0 Å². The smallest absolute Gasteiger partial charge is 0.264 e. The maximum Gasteiger partial charge on any atom is 0.264 e. The highest BCUT2D eigenvalue weighted by molar-refractivity contribution is 7.92. The second-order valence-electron chi connectivity index (χ2n) is 9.26. The predicted molar refractivity (Wildman–Crippen MR) is 153 cm³/mol. The number of hydrogen-bond acceptors (Lipinski definition) is 5. The minimum absolute atomic E-state index is 0.0580. The second kappa shape index (κ2) is 14.6. The summed E-state index contributed by atoms with van der Waals surface area (Å²) in [5.74, 6) is -1.59. The van der Waals surface area contributed by atoms with Gasteiger partial charge in [0, 0.05) is 13.1 Å². The molecular formula is C30H35F2N3O5S. The van der Waals surface area contributed by atoms with Crippen molar-refractivity contribution in [3.63, 3.8) is 0 Å². The van der Waals surface area contributed by atoms with Crippen LogP contribution in [0.5, 0.6) is 5.75 Å². The summed E-state index contributed by atoms with van der Waals surface area (Å²) in [6, 6.07) is 15.1. The fraction of sp³-hybridized carbons (Fsp3) is 0.333. The van der Waals surface area contributed by atoms with Gasteiger partial charge in [-0.3, -0.25) is 13.9 Å². The molecule has 11 heteroatoms. The van der Waals surface area contributed by atoms with Gasteiger partial charge in [0.1, 0.15) is 30.0 Å². The molecule has 3 aromatic carbocycles. The third kappa shape index (κ3) is 8.26. The van der Waals surface area contributed by atoms with E-state index in [4.69, 9.17) is 4.74 Å². The maximum atomic E-state index is 13.9. The first-order chi connectivity index (χ1) is 19.6. The molecule has 0 aliphatic carbocycles. The van der Waals surface area contributed by atoms with Gasteiger partial charge in [0.25, 0.3) is 10.0 Å². The molecule has 0 heterocycles. The lowest BCUT2D eigenvalue weighted by atomic mass is 10.1. The van der Waals surface area contributed by atoms with Crippen LogP contribution in [0.25, 0.3) is 0 Å². The number of carbonyl (C=O) groups excluding carboxylic acids is 2. The fourth-order valence-corrected chi connectivity index (χ4v) is 5.62. The van der Waals surface area contributed by atoms with Crippen molar-refractivity contribution in [1.29, 1.82) is 0 Å². The molecule has 0 saturated carbocycles. The molecule has 1 atom stereocenters. The van der Waals surface area contributed by atoms with Crippen molar-refractivity contribution in [2.24, 2.45) is 0 Å². The number of amides is 2. The van der Waals surface area contributed by atoms with Gasteiger partial charge in [0.15, 0.2) is 0 Å². The highest BCUT2D eigenvalue weighted by Crippen LogP contribution is 2.26. The Kier molecular flexibility index (Phi) is 11.2. The largest absolute Gasteiger partial charge is 0.494 e. The highest BCUT2D eigenvalue weighted by atomic mass is 32.2. The van der Waals surface area contributed by atoms with E-state index in [0.29, 0.717) is 30.9 Å². The minimum atomic E-state index is -4.31. The van der Waals surface area contributed by atoms with Crippen LogP contribution in [0.2, 0.25) is 0 Å². The van der Waals surface area contributed by atoms with Crippen LogP contribution < -0.4 is 14.4 Å². The van der Waals surface area contributed by atoms with Crippen molar-refractivity contribution < 1.29 is 31.5 Å². The van der Waals surface area contributed by atoms with E-state index in [0.717, 1.165) is 16.4 Å². The first kappa shape index (κ1) is 31.5. The molecule has 0 bridgehead atoms. The maximum absolute atomic E-state index is 13.9. The fourth-order valence-electron chi connectivity index (χ4n) is 4.21. The molecule has 8 nitrogen and oxygen atoms in total. The number of anilines is 1. The lowest BCUT2D eigenvalue weighted by Gasteiger charge is -2.33. The summed E-state index contributed by atoms with van der Waals surface area (Å²) in [6.07, 6.45) is 0.942. The topological polar surface area (TPSA) is 96.0 Å². The molecule has 41 heavy (non-hydrogen) atoms. The van der Waals surface area contributed by atoms with Crippen molar-refractivity contribution in [2.45, 2.75) is 51.1 Å². The number of carbonyl (C=O) groups is 2. The van der Waals surface area contributed by atoms with E-state index in [1.807, 2.05) is 6.92 Å². The number of nitrogens with one attached hydrogen (secondary N) is 1. The molecule has 0 aliphatic rings. The van der Waals surface area contributed by atoms with Gasteiger partial charge in [-0.15, -0.1) is 0 Å². The van der Waals surface area contributed by atoms with Gasteiger partial charge in [-0.2, -0.15) is 0 Å². The minimum Gasteiger partial charge on any atom is -0.494 e. The Morgan fingerprint density at radius 3 is 2.00 bits per heavy atom. The Balaban J connectivity index is 2.03. The van der Waals surface area contributed by atoms with Gasteiger partial charge in [-0.25, -0.2) is 17.2 Å². The van der Waals surface area contributed by atoms with Crippen LogP contribution in [-0.4, -0.2) is 50.9 Å². The standard InChI is InChI=1S/C30H35F2N3O5S/c1-4-19-33-30(37)28(5-2)34(20-22-7-9-23(31)10-8-22)29(36)21-35(25-13-11-24(32)12-14-25)41(38,39)27-17-15-26(16-18-27)40-6-3/h7-18,28H,4-6,19-21H2,1-3H3,(H,33,37)/t28-/m0/s1. The zero-order chi connectivity index (χ0) is 30.0. The molecule has 0 aromatic heterocycles.